The van der Waals surface area contributed by atoms with Crippen LogP contribution in [0.4, 0.5) is 0 Å². The van der Waals surface area contributed by atoms with Crippen molar-refractivity contribution in [3.05, 3.63) is 16.2 Å². The van der Waals surface area contributed by atoms with Gasteiger partial charge in [0.05, 0.1) is 0 Å². The zero-order valence-corrected chi connectivity index (χ0v) is 10.6. The van der Waals surface area contributed by atoms with Crippen LogP contribution in [-0.4, -0.2) is 49.2 Å². The summed E-state index contributed by atoms with van der Waals surface area (Å²) in [6.07, 6.45) is 0. The van der Waals surface area contributed by atoms with E-state index in [0.29, 0.717) is 16.3 Å². The molecule has 0 aromatic carbocycles. The van der Waals surface area contributed by atoms with E-state index in [1.54, 1.807) is 0 Å². The number of fused-ring (bicyclic) bond motifs is 1. The fraction of sp³-hybridized carbons (Fsp3) is 0.333. The Hall–Kier alpha value is -1.45. The fourth-order valence-corrected chi connectivity index (χ4v) is 3.97. The normalized spacial score (nSPS) is 26.9. The molecule has 0 aliphatic carbocycles. The number of aliphatic carboxylic acids is 1. The van der Waals surface area contributed by atoms with E-state index in [1.807, 2.05) is 0 Å². The molecule has 0 saturated carbocycles. The molecule has 18 heavy (non-hydrogen) atoms. The van der Waals surface area contributed by atoms with E-state index in [4.69, 9.17) is 5.73 Å². The number of aromatic nitrogens is 2. The summed E-state index contributed by atoms with van der Waals surface area (Å²) >= 11 is 2.70. The predicted octanol–water partition coefficient (Wildman–Crippen LogP) is -0.424. The average molecular weight is 284 g/mol. The number of thioether (sulfide) groups is 1. The Bertz CT molecular complexity index is 556. The Kier molecular flexibility index (Phi) is 2.61. The summed E-state index contributed by atoms with van der Waals surface area (Å²) in [6, 6.07) is -0.611. The zero-order valence-electron chi connectivity index (χ0n) is 8.94. The summed E-state index contributed by atoms with van der Waals surface area (Å²) in [7, 11) is 0. The van der Waals surface area contributed by atoms with Crippen molar-refractivity contribution in [2.75, 3.05) is 5.75 Å². The number of carbonyl (C=O) groups excluding carboxylic acids is 1. The second kappa shape index (κ2) is 4.04. The Labute approximate surface area is 110 Å². The first kappa shape index (κ1) is 11.6. The average Bonchev–Trinajstić information content (AvgIpc) is 2.89. The van der Waals surface area contributed by atoms with Gasteiger partial charge in [-0.3, -0.25) is 9.69 Å². The highest BCUT2D eigenvalue weighted by Gasteiger charge is 2.52. The SMILES string of the molecule is NC1C(=O)N2C(C(=O)O)=C(c3nncs3)CS[C@@H]12. The molecule has 3 N–H and O–H groups in total. The van der Waals surface area contributed by atoms with Crippen LogP contribution in [0.2, 0.25) is 0 Å². The van der Waals surface area contributed by atoms with Gasteiger partial charge in [0.2, 0.25) is 5.91 Å². The first-order chi connectivity index (χ1) is 8.61. The summed E-state index contributed by atoms with van der Waals surface area (Å²) in [5.41, 5.74) is 7.70. The van der Waals surface area contributed by atoms with Crippen molar-refractivity contribution in [1.82, 2.24) is 15.1 Å². The number of hydrogen-bond donors (Lipinski definition) is 2. The number of β-lactam (4-membered cyclic amide) rings is 1. The van der Waals surface area contributed by atoms with Crippen molar-refractivity contribution >= 4 is 40.5 Å². The molecule has 7 nitrogen and oxygen atoms in total. The first-order valence-electron chi connectivity index (χ1n) is 5.04. The Balaban J connectivity index is 2.09. The number of carboxylic acid groups (broad SMARTS) is 1. The molecule has 9 heteroatoms. The smallest absolute Gasteiger partial charge is 0.353 e. The quantitative estimate of drug-likeness (QED) is 0.709. The molecule has 1 aromatic rings. The third kappa shape index (κ3) is 1.48. The molecular weight excluding hydrogens is 276 g/mol. The minimum absolute atomic E-state index is 0.0119. The molecule has 3 heterocycles. The lowest BCUT2D eigenvalue weighted by atomic mass is 10.0. The molecule has 0 bridgehead atoms. The number of nitrogens with two attached hydrogens (primary N) is 1. The van der Waals surface area contributed by atoms with Crippen molar-refractivity contribution in [2.45, 2.75) is 11.4 Å². The molecule has 0 spiro atoms. The lowest BCUT2D eigenvalue weighted by Crippen LogP contribution is -2.68. The number of nitrogens with zero attached hydrogens (tertiary/aromatic N) is 3. The van der Waals surface area contributed by atoms with Crippen LogP contribution in [0.3, 0.4) is 0 Å². The number of carboxylic acids is 1. The highest BCUT2D eigenvalue weighted by atomic mass is 32.2. The van der Waals surface area contributed by atoms with Crippen LogP contribution in [0.1, 0.15) is 5.01 Å². The van der Waals surface area contributed by atoms with Gasteiger partial charge in [-0.25, -0.2) is 4.79 Å². The molecule has 1 aromatic heterocycles. The van der Waals surface area contributed by atoms with E-state index < -0.39 is 12.0 Å². The molecule has 94 valence electrons. The van der Waals surface area contributed by atoms with Gasteiger partial charge in [-0.05, 0) is 0 Å². The molecule has 2 aliphatic rings. The fourth-order valence-electron chi connectivity index (χ4n) is 1.98. The van der Waals surface area contributed by atoms with Gasteiger partial charge in [-0.2, -0.15) is 0 Å². The van der Waals surface area contributed by atoms with Crippen molar-refractivity contribution in [1.29, 1.82) is 0 Å². The van der Waals surface area contributed by atoms with Gasteiger partial charge in [-0.1, -0.05) is 0 Å². The summed E-state index contributed by atoms with van der Waals surface area (Å²) < 4.78 is 0. The van der Waals surface area contributed by atoms with Gasteiger partial charge in [0.25, 0.3) is 0 Å². The van der Waals surface area contributed by atoms with Crippen LogP contribution >= 0.6 is 23.1 Å². The van der Waals surface area contributed by atoms with E-state index in [9.17, 15) is 14.7 Å². The molecule has 1 unspecified atom stereocenters. The first-order valence-corrected chi connectivity index (χ1v) is 6.97. The highest BCUT2D eigenvalue weighted by Crippen LogP contribution is 2.42. The molecule has 1 saturated heterocycles. The minimum atomic E-state index is -1.13. The highest BCUT2D eigenvalue weighted by molar-refractivity contribution is 8.00. The van der Waals surface area contributed by atoms with Gasteiger partial charge in [-0.15, -0.1) is 33.3 Å². The van der Waals surface area contributed by atoms with E-state index >= 15 is 0 Å². The van der Waals surface area contributed by atoms with Gasteiger partial charge in [0, 0.05) is 11.3 Å². The van der Waals surface area contributed by atoms with Gasteiger partial charge < -0.3 is 10.8 Å². The minimum Gasteiger partial charge on any atom is -0.477 e. The number of carbonyl (C=O) groups is 2. The van der Waals surface area contributed by atoms with Crippen molar-refractivity contribution < 1.29 is 14.7 Å². The molecular formula is C9H8N4O3S2. The van der Waals surface area contributed by atoms with Crippen LogP contribution in [0.15, 0.2) is 11.2 Å². The van der Waals surface area contributed by atoms with Gasteiger partial charge >= 0.3 is 5.97 Å². The monoisotopic (exact) mass is 284 g/mol. The van der Waals surface area contributed by atoms with E-state index in [-0.39, 0.29) is 17.0 Å². The molecule has 2 aliphatic heterocycles. The van der Waals surface area contributed by atoms with E-state index in [2.05, 4.69) is 10.2 Å². The molecule has 1 fully saturated rings. The largest absolute Gasteiger partial charge is 0.477 e. The summed E-state index contributed by atoms with van der Waals surface area (Å²) in [4.78, 5) is 24.3. The van der Waals surface area contributed by atoms with Crippen molar-refractivity contribution in [3.8, 4) is 0 Å². The summed E-state index contributed by atoms with van der Waals surface area (Å²) in [5, 5.41) is 17.1. The molecule has 3 rings (SSSR count). The van der Waals surface area contributed by atoms with Crippen LogP contribution in [-0.2, 0) is 9.59 Å². The third-order valence-corrected chi connectivity index (χ3v) is 4.88. The van der Waals surface area contributed by atoms with Gasteiger partial charge in [0.1, 0.15) is 27.6 Å². The van der Waals surface area contributed by atoms with Crippen LogP contribution < -0.4 is 5.73 Å². The maximum absolute atomic E-state index is 11.7. The molecule has 0 radical (unpaired) electrons. The maximum atomic E-state index is 11.7. The van der Waals surface area contributed by atoms with Crippen molar-refractivity contribution in [3.63, 3.8) is 0 Å². The predicted molar refractivity (Wildman–Crippen MR) is 65.5 cm³/mol. The number of rotatable bonds is 2. The lowest BCUT2D eigenvalue weighted by Gasteiger charge is -2.47. The maximum Gasteiger partial charge on any atom is 0.353 e. The molecule has 1 amide bonds. The second-order valence-corrected chi connectivity index (χ2v) is 5.75. The molecule has 2 atom stereocenters. The Morgan fingerprint density at radius 2 is 2.39 bits per heavy atom. The van der Waals surface area contributed by atoms with Gasteiger partial charge in [0.15, 0.2) is 0 Å². The Morgan fingerprint density at radius 1 is 1.61 bits per heavy atom. The van der Waals surface area contributed by atoms with Crippen LogP contribution in [0.25, 0.3) is 5.57 Å². The topological polar surface area (TPSA) is 109 Å². The van der Waals surface area contributed by atoms with Crippen LogP contribution in [0.5, 0.6) is 0 Å². The third-order valence-electron chi connectivity index (χ3n) is 2.83. The Morgan fingerprint density at radius 3 is 3.00 bits per heavy atom. The number of amides is 1. The lowest BCUT2D eigenvalue weighted by molar-refractivity contribution is -0.147. The van der Waals surface area contributed by atoms with E-state index in [1.165, 1.54) is 33.5 Å². The van der Waals surface area contributed by atoms with E-state index in [0.717, 1.165) is 0 Å². The second-order valence-electron chi connectivity index (χ2n) is 3.81. The number of hydrogen-bond acceptors (Lipinski definition) is 7. The zero-order chi connectivity index (χ0) is 12.9. The van der Waals surface area contributed by atoms with Crippen molar-refractivity contribution in [2.24, 2.45) is 5.73 Å². The van der Waals surface area contributed by atoms with Crippen LogP contribution in [0, 0.1) is 0 Å². The summed E-state index contributed by atoms with van der Waals surface area (Å²) in [5.74, 6) is -1.02. The standard InChI is InChI=1S/C9H8N4O3S2/c10-4-7(14)13-5(9(15)16)3(1-17-8(4)13)6-12-11-2-18-6/h2,4,8H,1,10H2,(H,15,16)/t4?,8-/m0/s1. The summed E-state index contributed by atoms with van der Waals surface area (Å²) in [6.45, 7) is 0.